The number of fused-ring (bicyclic) bond motifs is 1. The summed E-state index contributed by atoms with van der Waals surface area (Å²) in [6, 6.07) is 9.58. The first kappa shape index (κ1) is 25.0. The first-order valence-corrected chi connectivity index (χ1v) is 13.6. The lowest BCUT2D eigenvalue weighted by atomic mass is 9.58. The van der Waals surface area contributed by atoms with E-state index in [4.69, 9.17) is 4.42 Å². The van der Waals surface area contributed by atoms with Gasteiger partial charge in [-0.05, 0) is 82.1 Å². The molecule has 198 valence electrons. The van der Waals surface area contributed by atoms with E-state index < -0.39 is 0 Å². The van der Waals surface area contributed by atoms with Crippen LogP contribution in [0.4, 0.5) is 4.39 Å². The highest BCUT2D eigenvalue weighted by molar-refractivity contribution is 5.85. The zero-order valence-corrected chi connectivity index (χ0v) is 22.8. The number of hydrogen-bond acceptors (Lipinski definition) is 5. The third kappa shape index (κ3) is 3.82. The predicted octanol–water partition coefficient (Wildman–Crippen LogP) is 6.35. The third-order valence-electron chi connectivity index (χ3n) is 9.00. The number of benzene rings is 2. The average Bonchev–Trinajstić information content (AvgIpc) is 3.29. The molecule has 1 N–H and O–H groups in total. The molecule has 2 heterocycles. The number of aryl methyl sites for hydroxylation is 2. The zero-order chi connectivity index (χ0) is 26.8. The summed E-state index contributed by atoms with van der Waals surface area (Å²) in [6.45, 7) is 8.07. The molecule has 38 heavy (non-hydrogen) atoms. The second-order valence-electron chi connectivity index (χ2n) is 12.0. The van der Waals surface area contributed by atoms with Gasteiger partial charge < -0.3 is 14.3 Å². The molecule has 0 spiro atoms. The summed E-state index contributed by atoms with van der Waals surface area (Å²) in [7, 11) is 1.97. The monoisotopic (exact) mass is 514 g/mol. The molecule has 6 nitrogen and oxygen atoms in total. The Morgan fingerprint density at radius 1 is 1.24 bits per heavy atom. The van der Waals surface area contributed by atoms with E-state index >= 15 is 4.39 Å². The van der Waals surface area contributed by atoms with Crippen LogP contribution in [0.5, 0.6) is 0 Å². The highest BCUT2D eigenvalue weighted by Gasteiger charge is 2.48. The summed E-state index contributed by atoms with van der Waals surface area (Å²) < 4.78 is 23.4. The second kappa shape index (κ2) is 8.87. The van der Waals surface area contributed by atoms with Gasteiger partial charge in [-0.3, -0.25) is 4.79 Å². The summed E-state index contributed by atoms with van der Waals surface area (Å²) in [5.74, 6) is 1.20. The van der Waals surface area contributed by atoms with Crippen molar-refractivity contribution in [2.75, 3.05) is 0 Å². The first-order chi connectivity index (χ1) is 18.1. The van der Waals surface area contributed by atoms with Crippen LogP contribution in [-0.2, 0) is 12.5 Å². The molecule has 0 aliphatic heterocycles. The SMILES string of the molecule is Cc1c(F)c(C(C)NC2(C)CCC2)cc2c(=O)c(-c3cccc([C@]4(c5nncn5C)C[C@@H](C)C4)c3)coc12. The van der Waals surface area contributed by atoms with Crippen LogP contribution in [0.1, 0.15) is 81.4 Å². The maximum atomic E-state index is 15.4. The molecule has 4 aromatic rings. The van der Waals surface area contributed by atoms with Crippen molar-refractivity contribution in [1.82, 2.24) is 20.1 Å². The van der Waals surface area contributed by atoms with E-state index in [9.17, 15) is 4.79 Å². The summed E-state index contributed by atoms with van der Waals surface area (Å²) in [5.41, 5.74) is 3.19. The minimum absolute atomic E-state index is 0.0133. The van der Waals surface area contributed by atoms with Crippen LogP contribution in [0.2, 0.25) is 0 Å². The lowest BCUT2D eigenvalue weighted by molar-refractivity contribution is 0.185. The third-order valence-corrected chi connectivity index (χ3v) is 9.00. The van der Waals surface area contributed by atoms with E-state index in [1.807, 2.05) is 30.7 Å². The van der Waals surface area contributed by atoms with E-state index in [0.717, 1.165) is 42.6 Å². The van der Waals surface area contributed by atoms with Gasteiger partial charge in [0, 0.05) is 29.8 Å². The van der Waals surface area contributed by atoms with Crippen molar-refractivity contribution in [3.63, 3.8) is 0 Å². The maximum absolute atomic E-state index is 15.4. The van der Waals surface area contributed by atoms with Gasteiger partial charge in [-0.15, -0.1) is 10.2 Å². The molecule has 0 amide bonds. The molecule has 2 aliphatic carbocycles. The summed E-state index contributed by atoms with van der Waals surface area (Å²) in [6.07, 6.45) is 8.49. The van der Waals surface area contributed by atoms with Crippen molar-refractivity contribution < 1.29 is 8.81 Å². The highest BCUT2D eigenvalue weighted by atomic mass is 19.1. The van der Waals surface area contributed by atoms with E-state index in [0.29, 0.717) is 33.6 Å². The van der Waals surface area contributed by atoms with E-state index in [2.05, 4.69) is 41.5 Å². The molecular formula is C31H35FN4O2. The predicted molar refractivity (Wildman–Crippen MR) is 147 cm³/mol. The summed E-state index contributed by atoms with van der Waals surface area (Å²) in [5, 5.41) is 12.6. The van der Waals surface area contributed by atoms with Crippen molar-refractivity contribution in [2.24, 2.45) is 13.0 Å². The molecule has 0 saturated heterocycles. The molecule has 0 radical (unpaired) electrons. The van der Waals surface area contributed by atoms with Crippen molar-refractivity contribution in [3.05, 3.63) is 81.5 Å². The molecule has 2 aliphatic rings. The Hall–Kier alpha value is -3.32. The van der Waals surface area contributed by atoms with Crippen LogP contribution in [0, 0.1) is 18.7 Å². The fourth-order valence-corrected chi connectivity index (χ4v) is 6.78. The van der Waals surface area contributed by atoms with Gasteiger partial charge in [0.2, 0.25) is 5.43 Å². The summed E-state index contributed by atoms with van der Waals surface area (Å²) >= 11 is 0. The second-order valence-corrected chi connectivity index (χ2v) is 12.0. The lowest BCUT2D eigenvalue weighted by Crippen LogP contribution is -2.49. The Morgan fingerprint density at radius 3 is 2.63 bits per heavy atom. The van der Waals surface area contributed by atoms with Gasteiger partial charge in [0.25, 0.3) is 0 Å². The van der Waals surface area contributed by atoms with E-state index in [1.54, 1.807) is 19.3 Å². The molecule has 1 atom stereocenters. The van der Waals surface area contributed by atoms with Gasteiger partial charge in [-0.1, -0.05) is 25.1 Å². The molecule has 7 heteroatoms. The molecule has 2 saturated carbocycles. The van der Waals surface area contributed by atoms with Gasteiger partial charge in [-0.25, -0.2) is 4.39 Å². The standard InChI is InChI=1S/C31H35FN4O2/c1-18-14-31(15-18,29-35-33-17-36(29)5)22-9-6-8-21(12-22)25-16-38-28-19(2)26(32)23(13-24(28)27(25)37)20(3)34-30(4)10-7-11-30/h6,8-9,12-13,16-18,20,34H,7,10-11,14-15H2,1-5H3/t18-,20?,31+. The first-order valence-electron chi connectivity index (χ1n) is 13.6. The Kier molecular flexibility index (Phi) is 5.83. The van der Waals surface area contributed by atoms with Crippen LogP contribution >= 0.6 is 0 Å². The van der Waals surface area contributed by atoms with Crippen LogP contribution in [-0.4, -0.2) is 20.3 Å². The minimum atomic E-state index is -0.317. The summed E-state index contributed by atoms with van der Waals surface area (Å²) in [4.78, 5) is 13.9. The molecule has 0 bridgehead atoms. The lowest BCUT2D eigenvalue weighted by Gasteiger charge is -2.46. The number of halogens is 1. The van der Waals surface area contributed by atoms with Crippen LogP contribution in [0.15, 0.2) is 52.1 Å². The molecule has 2 aromatic heterocycles. The molecule has 2 fully saturated rings. The quantitative estimate of drug-likeness (QED) is 0.325. The number of nitrogens with one attached hydrogen (secondary N) is 1. The van der Waals surface area contributed by atoms with Crippen LogP contribution in [0.3, 0.4) is 0 Å². The van der Waals surface area contributed by atoms with Gasteiger partial charge in [-0.2, -0.15) is 0 Å². The maximum Gasteiger partial charge on any atom is 0.200 e. The van der Waals surface area contributed by atoms with E-state index in [1.165, 1.54) is 12.7 Å². The Balaban J connectivity index is 1.44. The minimum Gasteiger partial charge on any atom is -0.463 e. The molecule has 2 aromatic carbocycles. The van der Waals surface area contributed by atoms with Crippen molar-refractivity contribution >= 4 is 11.0 Å². The Morgan fingerprint density at radius 2 is 2.00 bits per heavy atom. The smallest absolute Gasteiger partial charge is 0.200 e. The fraction of sp³-hybridized carbons (Fsp3) is 0.452. The van der Waals surface area contributed by atoms with Crippen molar-refractivity contribution in [3.8, 4) is 11.1 Å². The van der Waals surface area contributed by atoms with Crippen molar-refractivity contribution in [1.29, 1.82) is 0 Å². The normalized spacial score (nSPS) is 23.2. The largest absolute Gasteiger partial charge is 0.463 e. The highest BCUT2D eigenvalue weighted by Crippen LogP contribution is 2.51. The number of hydrogen-bond donors (Lipinski definition) is 1. The van der Waals surface area contributed by atoms with Crippen LogP contribution in [0.25, 0.3) is 22.1 Å². The van der Waals surface area contributed by atoms with Gasteiger partial charge in [0.1, 0.15) is 29.8 Å². The number of rotatable bonds is 6. The molecule has 1 unspecified atom stereocenters. The average molecular weight is 515 g/mol. The number of aromatic nitrogens is 3. The van der Waals surface area contributed by atoms with Crippen molar-refractivity contribution in [2.45, 2.75) is 76.8 Å². The van der Waals surface area contributed by atoms with Crippen LogP contribution < -0.4 is 10.7 Å². The van der Waals surface area contributed by atoms with Gasteiger partial charge in [0.05, 0.1) is 16.4 Å². The van der Waals surface area contributed by atoms with Gasteiger partial charge >= 0.3 is 0 Å². The van der Waals surface area contributed by atoms with Gasteiger partial charge in [0.15, 0.2) is 0 Å². The van der Waals surface area contributed by atoms with E-state index in [-0.39, 0.29) is 28.2 Å². The molecular weight excluding hydrogens is 479 g/mol. The topological polar surface area (TPSA) is 73.0 Å². The Labute approximate surface area is 222 Å². The molecule has 6 rings (SSSR count). The fourth-order valence-electron chi connectivity index (χ4n) is 6.78. The Bertz CT molecular complexity index is 1590. The number of nitrogens with zero attached hydrogens (tertiary/aromatic N) is 3. The zero-order valence-electron chi connectivity index (χ0n) is 22.8.